The number of hydrogen-bond donors (Lipinski definition) is 3. The van der Waals surface area contributed by atoms with Crippen molar-refractivity contribution in [2.45, 2.75) is 39.8 Å². The van der Waals surface area contributed by atoms with Gasteiger partial charge < -0.3 is 15.2 Å². The van der Waals surface area contributed by atoms with Crippen LogP contribution in [0.3, 0.4) is 0 Å². The van der Waals surface area contributed by atoms with Gasteiger partial charge >= 0.3 is 0 Å². The lowest BCUT2D eigenvalue weighted by molar-refractivity contribution is -0.122. The Labute approximate surface area is 230 Å². The maximum atomic E-state index is 13.2. The lowest BCUT2D eigenvalue weighted by Crippen LogP contribution is -2.32. The van der Waals surface area contributed by atoms with Gasteiger partial charge in [-0.05, 0) is 29.7 Å². The minimum absolute atomic E-state index is 0.146. The molecule has 2 aromatic carbocycles. The van der Waals surface area contributed by atoms with Gasteiger partial charge in [0.25, 0.3) is 5.91 Å². The second kappa shape index (κ2) is 10.5. The van der Waals surface area contributed by atoms with E-state index in [0.29, 0.717) is 27.8 Å². The summed E-state index contributed by atoms with van der Waals surface area (Å²) in [5.41, 5.74) is 3.01. The summed E-state index contributed by atoms with van der Waals surface area (Å²) in [5, 5.41) is 14.0. The first-order chi connectivity index (χ1) is 18.7. The fraction of sp³-hybridized carbons (Fsp3) is 0.286. The van der Waals surface area contributed by atoms with Crippen LogP contribution in [0.15, 0.2) is 55.0 Å². The van der Waals surface area contributed by atoms with E-state index in [-0.39, 0.29) is 36.2 Å². The molecule has 39 heavy (non-hydrogen) atoms. The van der Waals surface area contributed by atoms with Crippen molar-refractivity contribution in [2.75, 3.05) is 7.05 Å². The molecular formula is C28H29ClN8O2. The van der Waals surface area contributed by atoms with Gasteiger partial charge in [0.05, 0.1) is 39.9 Å². The molecule has 1 unspecified atom stereocenters. The summed E-state index contributed by atoms with van der Waals surface area (Å²) < 4.78 is 2.06. The molecule has 5 aromatic rings. The molecule has 0 radical (unpaired) electrons. The van der Waals surface area contributed by atoms with Crippen molar-refractivity contribution in [3.8, 4) is 11.4 Å². The number of fused-ring (bicyclic) bond motifs is 2. The fourth-order valence-corrected chi connectivity index (χ4v) is 4.89. The number of H-pyrrole nitrogens is 1. The predicted molar refractivity (Wildman–Crippen MR) is 150 cm³/mol. The van der Waals surface area contributed by atoms with Crippen LogP contribution in [0.5, 0.6) is 0 Å². The number of nitrogens with zero attached hydrogens (tertiary/aromatic N) is 5. The fourth-order valence-electron chi connectivity index (χ4n) is 4.65. The topological polar surface area (TPSA) is 130 Å². The average Bonchev–Trinajstić information content (AvgIpc) is 3.53. The Morgan fingerprint density at radius 1 is 1.13 bits per heavy atom. The Hall–Kier alpha value is -4.31. The summed E-state index contributed by atoms with van der Waals surface area (Å²) in [7, 11) is 1.56. The first-order valence-electron chi connectivity index (χ1n) is 12.6. The number of carbonyl (C=O) groups is 2. The lowest BCUT2D eigenvalue weighted by Gasteiger charge is -2.33. The van der Waals surface area contributed by atoms with Crippen molar-refractivity contribution >= 4 is 45.4 Å². The molecule has 11 heteroatoms. The van der Waals surface area contributed by atoms with Crippen LogP contribution in [0.2, 0.25) is 5.02 Å². The van der Waals surface area contributed by atoms with Gasteiger partial charge in [-0.3, -0.25) is 14.7 Å². The third kappa shape index (κ3) is 5.33. The van der Waals surface area contributed by atoms with E-state index in [0.717, 1.165) is 22.0 Å². The van der Waals surface area contributed by atoms with E-state index in [1.54, 1.807) is 43.8 Å². The van der Waals surface area contributed by atoms with Crippen molar-refractivity contribution in [2.24, 2.45) is 5.41 Å². The maximum Gasteiger partial charge on any atom is 0.252 e. The maximum absolute atomic E-state index is 13.2. The molecule has 3 N–H and O–H groups in total. The minimum Gasteiger partial charge on any atom is -0.355 e. The Kier molecular flexibility index (Phi) is 7.05. The molecule has 3 aromatic heterocycles. The number of amides is 2. The van der Waals surface area contributed by atoms with E-state index in [9.17, 15) is 9.59 Å². The summed E-state index contributed by atoms with van der Waals surface area (Å²) in [6.45, 7) is 6.48. The van der Waals surface area contributed by atoms with Gasteiger partial charge in [-0.1, -0.05) is 44.5 Å². The molecule has 0 aliphatic heterocycles. The first kappa shape index (κ1) is 26.3. The van der Waals surface area contributed by atoms with E-state index < -0.39 is 0 Å². The molecular weight excluding hydrogens is 516 g/mol. The number of nitrogens with one attached hydrogen (secondary N) is 3. The zero-order valence-corrected chi connectivity index (χ0v) is 22.9. The molecule has 0 bridgehead atoms. The molecule has 5 rings (SSSR count). The number of aromatic amines is 1. The Balaban J connectivity index is 1.63. The summed E-state index contributed by atoms with van der Waals surface area (Å²) in [6.07, 6.45) is 5.22. The van der Waals surface area contributed by atoms with Gasteiger partial charge in [0.15, 0.2) is 0 Å². The number of halogens is 1. The normalized spacial score (nSPS) is 12.5. The lowest BCUT2D eigenvalue weighted by atomic mass is 9.84. The summed E-state index contributed by atoms with van der Waals surface area (Å²) in [6, 6.07) is 10.8. The Morgan fingerprint density at radius 3 is 2.62 bits per heavy atom. The summed E-state index contributed by atoms with van der Waals surface area (Å²) in [4.78, 5) is 39.1. The second-order valence-corrected chi connectivity index (χ2v) is 10.8. The number of aromatic nitrogens is 6. The quantitative estimate of drug-likeness (QED) is 0.273. The van der Waals surface area contributed by atoms with Crippen LogP contribution < -0.4 is 10.6 Å². The van der Waals surface area contributed by atoms with Crippen molar-refractivity contribution in [3.63, 3.8) is 0 Å². The molecule has 0 aliphatic rings. The van der Waals surface area contributed by atoms with E-state index in [4.69, 9.17) is 16.6 Å². The van der Waals surface area contributed by atoms with Gasteiger partial charge in [0.2, 0.25) is 5.91 Å². The van der Waals surface area contributed by atoms with Crippen molar-refractivity contribution in [1.29, 1.82) is 0 Å². The van der Waals surface area contributed by atoms with Gasteiger partial charge in [0.1, 0.15) is 11.6 Å². The van der Waals surface area contributed by atoms with Crippen LogP contribution >= 0.6 is 11.6 Å². The molecule has 1 atom stereocenters. The number of benzene rings is 2. The molecule has 0 saturated carbocycles. The zero-order chi connectivity index (χ0) is 27.7. The summed E-state index contributed by atoms with van der Waals surface area (Å²) >= 11 is 6.60. The van der Waals surface area contributed by atoms with Crippen molar-refractivity contribution in [1.82, 2.24) is 40.3 Å². The van der Waals surface area contributed by atoms with E-state index in [2.05, 4.69) is 56.1 Å². The SMILES string of the molecule is CNC(=O)c1cc2nc(-c3ccc4cn[nH]c4c3)n(C(CC(=O)NCc3ncccn3)C(C)(C)C)c2cc1Cl. The molecule has 0 spiro atoms. The van der Waals surface area contributed by atoms with Crippen LogP contribution in [0.1, 0.15) is 49.4 Å². The number of carbonyl (C=O) groups excluding carboxylic acids is 2. The highest BCUT2D eigenvalue weighted by Gasteiger charge is 2.33. The Morgan fingerprint density at radius 2 is 1.90 bits per heavy atom. The van der Waals surface area contributed by atoms with Crippen molar-refractivity contribution in [3.05, 3.63) is 71.4 Å². The van der Waals surface area contributed by atoms with Crippen LogP contribution in [0.25, 0.3) is 33.3 Å². The van der Waals surface area contributed by atoms with Crippen LogP contribution in [0, 0.1) is 5.41 Å². The minimum atomic E-state index is -0.354. The van der Waals surface area contributed by atoms with Crippen molar-refractivity contribution < 1.29 is 9.59 Å². The first-order valence-corrected chi connectivity index (χ1v) is 12.9. The molecule has 0 aliphatic carbocycles. The Bertz CT molecular complexity index is 1670. The largest absolute Gasteiger partial charge is 0.355 e. The third-order valence-electron chi connectivity index (χ3n) is 6.70. The molecule has 2 amide bonds. The molecule has 0 fully saturated rings. The molecule has 200 valence electrons. The average molecular weight is 545 g/mol. The summed E-state index contributed by atoms with van der Waals surface area (Å²) in [5.74, 6) is 0.748. The van der Waals surface area contributed by atoms with Crippen LogP contribution in [-0.4, -0.2) is 48.6 Å². The number of imidazole rings is 1. The molecule has 10 nitrogen and oxygen atoms in total. The third-order valence-corrected chi connectivity index (χ3v) is 7.02. The highest BCUT2D eigenvalue weighted by Crippen LogP contribution is 2.41. The highest BCUT2D eigenvalue weighted by molar-refractivity contribution is 6.34. The number of hydrogen-bond acceptors (Lipinski definition) is 6. The van der Waals surface area contributed by atoms with E-state index >= 15 is 0 Å². The smallest absolute Gasteiger partial charge is 0.252 e. The second-order valence-electron chi connectivity index (χ2n) is 10.4. The molecule has 3 heterocycles. The highest BCUT2D eigenvalue weighted by atomic mass is 35.5. The van der Waals surface area contributed by atoms with Gasteiger partial charge in [-0.25, -0.2) is 15.0 Å². The monoisotopic (exact) mass is 544 g/mol. The van der Waals surface area contributed by atoms with Crippen LogP contribution in [0.4, 0.5) is 0 Å². The van der Waals surface area contributed by atoms with E-state index in [1.165, 1.54) is 0 Å². The molecule has 0 saturated heterocycles. The standard InChI is InChI=1S/C28H29ClN8O2/c1-28(2,3)23(13-25(38)33-15-24-31-8-5-9-32-24)37-22-12-19(29)18(27(39)30-4)11-21(22)35-26(37)16-6-7-17-14-34-36-20(17)10-16/h5-12,14,23H,13,15H2,1-4H3,(H,30,39)(H,33,38)(H,34,36). The zero-order valence-electron chi connectivity index (χ0n) is 22.1. The predicted octanol–water partition coefficient (Wildman–Crippen LogP) is 4.68. The van der Waals surface area contributed by atoms with Gasteiger partial charge in [-0.2, -0.15) is 5.10 Å². The number of rotatable bonds is 7. The van der Waals surface area contributed by atoms with Gasteiger partial charge in [-0.15, -0.1) is 0 Å². The van der Waals surface area contributed by atoms with Crippen LogP contribution in [-0.2, 0) is 11.3 Å². The van der Waals surface area contributed by atoms with Gasteiger partial charge in [0, 0.05) is 42.9 Å². The van der Waals surface area contributed by atoms with E-state index in [1.807, 2.05) is 18.2 Å².